The second-order valence-corrected chi connectivity index (χ2v) is 1.44. The first-order valence-electron chi connectivity index (χ1n) is 2.42. The van der Waals surface area contributed by atoms with E-state index in [4.69, 9.17) is 5.11 Å². The van der Waals surface area contributed by atoms with Crippen molar-refractivity contribution in [1.82, 2.24) is 0 Å². The van der Waals surface area contributed by atoms with Crippen LogP contribution in [0.2, 0.25) is 0 Å². The van der Waals surface area contributed by atoms with Gasteiger partial charge in [-0.15, -0.1) is 0 Å². The van der Waals surface area contributed by atoms with Crippen molar-refractivity contribution in [2.24, 2.45) is 0 Å². The van der Waals surface area contributed by atoms with Crippen LogP contribution in [0, 0.1) is 0 Å². The molecule has 3 nitrogen and oxygen atoms in total. The third-order valence-electron chi connectivity index (χ3n) is 0.896. The summed E-state index contributed by atoms with van der Waals surface area (Å²) in [6.07, 6.45) is 0.685. The van der Waals surface area contributed by atoms with Crippen molar-refractivity contribution >= 4 is 6.29 Å². The van der Waals surface area contributed by atoms with Crippen molar-refractivity contribution in [3.63, 3.8) is 0 Å². The molecule has 0 aromatic rings. The highest BCUT2D eigenvalue weighted by atomic mass is 16.5. The molecule has 0 aromatic carbocycles. The summed E-state index contributed by atoms with van der Waals surface area (Å²) in [6.45, 7) is -0.0881. The fourth-order valence-electron chi connectivity index (χ4n) is 0.353. The molecule has 0 aromatic heterocycles. The van der Waals surface area contributed by atoms with Crippen molar-refractivity contribution in [1.29, 1.82) is 0 Å². The van der Waals surface area contributed by atoms with Crippen LogP contribution in [-0.4, -0.2) is 31.2 Å². The number of carbonyl (C=O) groups is 1. The Morgan fingerprint density at radius 1 is 1.88 bits per heavy atom. The Morgan fingerprint density at radius 2 is 2.50 bits per heavy atom. The summed E-state index contributed by atoms with van der Waals surface area (Å²) in [5.74, 6) is 0. The van der Waals surface area contributed by atoms with Gasteiger partial charge in [0.25, 0.3) is 0 Å². The number of carbonyl (C=O) groups excluding carboxylic acids is 1. The molecule has 0 aliphatic heterocycles. The molecular formula is C5H10O3. The summed E-state index contributed by atoms with van der Waals surface area (Å²) in [5, 5.41) is 8.37. The fraction of sp³-hybridized carbons (Fsp3) is 0.800. The molecule has 0 aliphatic rings. The maximum Gasteiger partial charge on any atom is 0.122 e. The molecule has 0 bridgehead atoms. The molecule has 1 N–H and O–H groups in total. The zero-order chi connectivity index (χ0) is 6.41. The average Bonchev–Trinajstić information content (AvgIpc) is 1.83. The first-order chi connectivity index (χ1) is 3.85. The van der Waals surface area contributed by atoms with Crippen LogP contribution in [0.25, 0.3) is 0 Å². The monoisotopic (exact) mass is 118 g/mol. The molecule has 48 valence electrons. The van der Waals surface area contributed by atoms with Crippen molar-refractivity contribution in [2.75, 3.05) is 13.7 Å². The minimum Gasteiger partial charge on any atom is -0.394 e. The van der Waals surface area contributed by atoms with Crippen molar-refractivity contribution in [2.45, 2.75) is 12.5 Å². The molecule has 0 saturated carbocycles. The van der Waals surface area contributed by atoms with Gasteiger partial charge >= 0.3 is 0 Å². The van der Waals surface area contributed by atoms with Crippen LogP contribution in [0.15, 0.2) is 0 Å². The lowest BCUT2D eigenvalue weighted by Crippen LogP contribution is -2.15. The summed E-state index contributed by atoms with van der Waals surface area (Å²) < 4.78 is 4.66. The zero-order valence-corrected chi connectivity index (χ0v) is 4.83. The third-order valence-corrected chi connectivity index (χ3v) is 0.896. The highest BCUT2D eigenvalue weighted by Crippen LogP contribution is 1.90. The number of aliphatic hydroxyl groups is 1. The van der Waals surface area contributed by atoms with Gasteiger partial charge in [0, 0.05) is 13.5 Å². The number of hydrogen-bond acceptors (Lipinski definition) is 3. The van der Waals surface area contributed by atoms with Gasteiger partial charge in [-0.05, 0) is 0 Å². The molecule has 1 unspecified atom stereocenters. The Labute approximate surface area is 48.3 Å². The summed E-state index contributed by atoms with van der Waals surface area (Å²) in [7, 11) is 1.46. The van der Waals surface area contributed by atoms with Gasteiger partial charge in [0.15, 0.2) is 0 Å². The Kier molecular flexibility index (Phi) is 4.50. The fourth-order valence-corrected chi connectivity index (χ4v) is 0.353. The first-order valence-corrected chi connectivity index (χ1v) is 2.42. The minimum absolute atomic E-state index is 0.0881. The lowest BCUT2D eigenvalue weighted by atomic mass is 10.3. The molecule has 0 radical (unpaired) electrons. The maximum absolute atomic E-state index is 9.74. The van der Waals surface area contributed by atoms with Crippen LogP contribution in [-0.2, 0) is 9.53 Å². The molecule has 0 rings (SSSR count). The van der Waals surface area contributed by atoms with E-state index in [0.717, 1.165) is 6.29 Å². The van der Waals surface area contributed by atoms with Crippen LogP contribution in [0.5, 0.6) is 0 Å². The topological polar surface area (TPSA) is 46.5 Å². The van der Waals surface area contributed by atoms with Crippen LogP contribution in [0.3, 0.4) is 0 Å². The second-order valence-electron chi connectivity index (χ2n) is 1.44. The third kappa shape index (κ3) is 2.71. The van der Waals surface area contributed by atoms with Gasteiger partial charge in [-0.2, -0.15) is 0 Å². The average molecular weight is 118 g/mol. The van der Waals surface area contributed by atoms with Gasteiger partial charge < -0.3 is 14.6 Å². The number of hydrogen-bond donors (Lipinski definition) is 1. The number of rotatable bonds is 4. The molecule has 0 saturated heterocycles. The van der Waals surface area contributed by atoms with Crippen LogP contribution >= 0.6 is 0 Å². The molecule has 0 aliphatic carbocycles. The Balaban J connectivity index is 3.20. The molecule has 0 amide bonds. The van der Waals surface area contributed by atoms with E-state index in [1.165, 1.54) is 7.11 Å². The molecule has 0 heterocycles. The van der Waals surface area contributed by atoms with Crippen LogP contribution < -0.4 is 0 Å². The highest BCUT2D eigenvalue weighted by molar-refractivity contribution is 5.50. The normalized spacial score (nSPS) is 13.2. The summed E-state index contributed by atoms with van der Waals surface area (Å²) >= 11 is 0. The number of methoxy groups -OCH3 is 1. The SMILES string of the molecule is COC(CO)CC=O. The van der Waals surface area contributed by atoms with Crippen LogP contribution in [0.1, 0.15) is 6.42 Å². The summed E-state index contributed by atoms with van der Waals surface area (Å²) in [6, 6.07) is 0. The number of aldehydes is 1. The summed E-state index contributed by atoms with van der Waals surface area (Å²) in [4.78, 5) is 9.74. The molecular weight excluding hydrogens is 108 g/mol. The van der Waals surface area contributed by atoms with E-state index in [9.17, 15) is 4.79 Å². The quantitative estimate of drug-likeness (QED) is 0.510. The Morgan fingerprint density at radius 3 is 2.62 bits per heavy atom. The lowest BCUT2D eigenvalue weighted by molar-refractivity contribution is -0.110. The molecule has 0 spiro atoms. The molecule has 3 heteroatoms. The van der Waals surface area contributed by atoms with Crippen molar-refractivity contribution in [3.05, 3.63) is 0 Å². The van der Waals surface area contributed by atoms with Gasteiger partial charge in [-0.25, -0.2) is 0 Å². The predicted octanol–water partition coefficient (Wildman–Crippen LogP) is -0.417. The largest absolute Gasteiger partial charge is 0.394 e. The van der Waals surface area contributed by atoms with E-state index >= 15 is 0 Å². The van der Waals surface area contributed by atoms with E-state index in [2.05, 4.69) is 4.74 Å². The molecule has 0 fully saturated rings. The second kappa shape index (κ2) is 4.74. The minimum atomic E-state index is -0.313. The van der Waals surface area contributed by atoms with E-state index < -0.39 is 0 Å². The van der Waals surface area contributed by atoms with Gasteiger partial charge in [0.05, 0.1) is 12.7 Å². The summed E-state index contributed by atoms with van der Waals surface area (Å²) in [5.41, 5.74) is 0. The van der Waals surface area contributed by atoms with Gasteiger partial charge in [-0.3, -0.25) is 0 Å². The van der Waals surface area contributed by atoms with Gasteiger partial charge in [0.1, 0.15) is 6.29 Å². The zero-order valence-electron chi connectivity index (χ0n) is 4.83. The van der Waals surface area contributed by atoms with Crippen LogP contribution in [0.4, 0.5) is 0 Å². The standard InChI is InChI=1S/C5H10O3/c1-8-5(4-7)2-3-6/h3,5,7H,2,4H2,1H3. The first kappa shape index (κ1) is 7.59. The maximum atomic E-state index is 9.74. The van der Waals surface area contributed by atoms with Gasteiger partial charge in [0.2, 0.25) is 0 Å². The van der Waals surface area contributed by atoms with E-state index in [0.29, 0.717) is 0 Å². The van der Waals surface area contributed by atoms with Crippen molar-refractivity contribution < 1.29 is 14.6 Å². The van der Waals surface area contributed by atoms with Gasteiger partial charge in [-0.1, -0.05) is 0 Å². The highest BCUT2D eigenvalue weighted by Gasteiger charge is 2.01. The predicted molar refractivity (Wildman–Crippen MR) is 28.6 cm³/mol. The van der Waals surface area contributed by atoms with Crippen molar-refractivity contribution in [3.8, 4) is 0 Å². The van der Waals surface area contributed by atoms with E-state index in [1.54, 1.807) is 0 Å². The van der Waals surface area contributed by atoms with E-state index in [1.807, 2.05) is 0 Å². The Hall–Kier alpha value is -0.410. The number of ether oxygens (including phenoxy) is 1. The van der Waals surface area contributed by atoms with E-state index in [-0.39, 0.29) is 19.1 Å². The Bertz CT molecular complexity index is 58.7. The number of aliphatic hydroxyl groups excluding tert-OH is 1. The lowest BCUT2D eigenvalue weighted by Gasteiger charge is -2.05. The smallest absolute Gasteiger partial charge is 0.122 e. The molecule has 1 atom stereocenters. The molecule has 8 heavy (non-hydrogen) atoms.